The molecule has 0 N–H and O–H groups in total. The summed E-state index contributed by atoms with van der Waals surface area (Å²) in [6.45, 7) is 0.958. The van der Waals surface area contributed by atoms with Gasteiger partial charge in [0, 0.05) is 10.2 Å². The first-order valence-corrected chi connectivity index (χ1v) is 15.9. The molecule has 0 fully saturated rings. The highest BCUT2D eigenvalue weighted by Crippen LogP contribution is 2.61. The van der Waals surface area contributed by atoms with Crippen molar-refractivity contribution in [1.29, 1.82) is 0 Å². The summed E-state index contributed by atoms with van der Waals surface area (Å²) in [5.74, 6) is 0.973. The van der Waals surface area contributed by atoms with Crippen molar-refractivity contribution < 1.29 is 30.9 Å². The van der Waals surface area contributed by atoms with Crippen molar-refractivity contribution in [2.45, 2.75) is 5.51 Å². The van der Waals surface area contributed by atoms with Crippen LogP contribution in [-0.2, 0) is 10.1 Å². The largest absolute Gasteiger partial charge is 0.741 e. The van der Waals surface area contributed by atoms with Crippen LogP contribution in [0.1, 0.15) is 0 Å². The Morgan fingerprint density at radius 3 is 1.82 bits per heavy atom. The first-order valence-electron chi connectivity index (χ1n) is 11.7. The van der Waals surface area contributed by atoms with Gasteiger partial charge in [0.15, 0.2) is 21.2 Å². The van der Waals surface area contributed by atoms with E-state index in [1.807, 2.05) is 0 Å². The van der Waals surface area contributed by atoms with Gasteiger partial charge in [-0.1, -0.05) is 58.4 Å². The van der Waals surface area contributed by atoms with Gasteiger partial charge >= 0.3 is 5.51 Å². The first-order chi connectivity index (χ1) is 18.5. The van der Waals surface area contributed by atoms with Crippen molar-refractivity contribution >= 4 is 60.6 Å². The summed E-state index contributed by atoms with van der Waals surface area (Å²) in [5.41, 5.74) is -3.20. The lowest BCUT2D eigenvalue weighted by Crippen LogP contribution is -2.44. The van der Waals surface area contributed by atoms with Gasteiger partial charge in [-0.2, -0.15) is 13.2 Å². The van der Waals surface area contributed by atoms with Crippen molar-refractivity contribution in [2.75, 3.05) is 24.7 Å². The number of fused-ring (bicyclic) bond motifs is 1. The zero-order chi connectivity index (χ0) is 28.3. The maximum absolute atomic E-state index is 10.7. The molecule has 39 heavy (non-hydrogen) atoms. The second-order valence-electron chi connectivity index (χ2n) is 8.56. The van der Waals surface area contributed by atoms with E-state index in [1.54, 1.807) is 7.11 Å². The number of nitrogens with zero attached hydrogens (tertiary/aromatic N) is 1. The standard InChI is InChI=1S/C27H24BrNOP.CHF3O3S/c1-30-26-14-8-13-25-27(26)31(23-9-4-2-5-10-23,24-11-6-3-7-12-24)20-19-29(25)22-17-15-21(28)16-18-22;2-1(3,4)8(5,6)7/h2-18H,19-20H2,1H3;(H,5,6,7)/q+1;/p-1. The molecule has 11 heteroatoms. The Morgan fingerprint density at radius 1 is 0.846 bits per heavy atom. The van der Waals surface area contributed by atoms with Crippen LogP contribution in [0.2, 0.25) is 0 Å². The zero-order valence-electron chi connectivity index (χ0n) is 20.7. The van der Waals surface area contributed by atoms with E-state index >= 15 is 0 Å². The normalized spacial score (nSPS) is 14.6. The van der Waals surface area contributed by atoms with Crippen LogP contribution in [0.5, 0.6) is 5.75 Å². The molecule has 0 bridgehead atoms. The van der Waals surface area contributed by atoms with Gasteiger partial charge < -0.3 is 14.2 Å². The van der Waals surface area contributed by atoms with Gasteiger partial charge in [-0.05, 0) is 60.7 Å². The number of alkyl halides is 3. The molecule has 0 aliphatic carbocycles. The van der Waals surface area contributed by atoms with Crippen molar-refractivity contribution in [1.82, 2.24) is 0 Å². The van der Waals surface area contributed by atoms with Gasteiger partial charge in [0.25, 0.3) is 0 Å². The molecule has 5 rings (SSSR count). The Bertz CT molecular complexity index is 1480. The molecule has 4 aromatic carbocycles. The van der Waals surface area contributed by atoms with Crippen molar-refractivity contribution in [3.63, 3.8) is 0 Å². The number of anilines is 2. The van der Waals surface area contributed by atoms with E-state index in [4.69, 9.17) is 17.7 Å². The summed E-state index contributed by atoms with van der Waals surface area (Å²) in [7, 11) is -6.18. The fraction of sp³-hybridized carbons (Fsp3) is 0.143. The molecule has 1 heterocycles. The van der Waals surface area contributed by atoms with Gasteiger partial charge in [0.2, 0.25) is 0 Å². The monoisotopic (exact) mass is 637 g/mol. The van der Waals surface area contributed by atoms with E-state index in [-0.39, 0.29) is 0 Å². The molecule has 1 aliphatic heterocycles. The lowest BCUT2D eigenvalue weighted by molar-refractivity contribution is -0.0517. The minimum absolute atomic E-state index is 0.958. The molecule has 0 atom stereocenters. The Kier molecular flexibility index (Phi) is 8.71. The van der Waals surface area contributed by atoms with E-state index in [2.05, 4.69) is 124 Å². The van der Waals surface area contributed by atoms with Gasteiger partial charge in [-0.15, -0.1) is 0 Å². The lowest BCUT2D eigenvalue weighted by atomic mass is 10.2. The molecule has 0 saturated carbocycles. The summed E-state index contributed by atoms with van der Waals surface area (Å²) < 4.78 is 66.0. The predicted octanol–water partition coefficient (Wildman–Crippen LogP) is 5.95. The maximum Gasteiger partial charge on any atom is 0.485 e. The number of halogens is 4. The molecule has 0 amide bonds. The van der Waals surface area contributed by atoms with E-state index in [0.717, 1.165) is 22.9 Å². The number of hydrogen-bond donors (Lipinski definition) is 0. The van der Waals surface area contributed by atoms with Crippen LogP contribution >= 0.6 is 23.2 Å². The third kappa shape index (κ3) is 5.99. The zero-order valence-corrected chi connectivity index (χ0v) is 24.0. The van der Waals surface area contributed by atoms with Crippen LogP contribution < -0.4 is 25.6 Å². The van der Waals surface area contributed by atoms with Crippen molar-refractivity contribution in [3.05, 3.63) is 108 Å². The minimum Gasteiger partial charge on any atom is -0.741 e. The van der Waals surface area contributed by atoms with Gasteiger partial charge in [-0.25, -0.2) is 8.42 Å². The molecule has 5 nitrogen and oxygen atoms in total. The molecule has 204 valence electrons. The van der Waals surface area contributed by atoms with Crippen molar-refractivity contribution in [2.24, 2.45) is 0 Å². The average Bonchev–Trinajstić information content (AvgIpc) is 2.93. The third-order valence-electron chi connectivity index (χ3n) is 6.34. The van der Waals surface area contributed by atoms with Gasteiger partial charge in [0.1, 0.15) is 17.9 Å². The first kappa shape index (κ1) is 29.1. The van der Waals surface area contributed by atoms with Gasteiger partial charge in [-0.3, -0.25) is 0 Å². The number of methoxy groups -OCH3 is 1. The van der Waals surface area contributed by atoms with Crippen LogP contribution in [0, 0.1) is 0 Å². The molecule has 0 spiro atoms. The molecule has 0 aromatic heterocycles. The second-order valence-corrected chi connectivity index (χ2v) is 14.4. The quantitative estimate of drug-likeness (QED) is 0.157. The highest BCUT2D eigenvalue weighted by atomic mass is 79.9. The Hall–Kier alpha value is -2.91. The lowest BCUT2D eigenvalue weighted by Gasteiger charge is -2.39. The fourth-order valence-corrected chi connectivity index (χ4v) is 9.49. The summed E-state index contributed by atoms with van der Waals surface area (Å²) in [6, 6.07) is 37.1. The molecule has 0 radical (unpaired) electrons. The van der Waals surface area contributed by atoms with Crippen LogP contribution in [0.15, 0.2) is 108 Å². The highest BCUT2D eigenvalue weighted by Gasteiger charge is 2.52. The summed E-state index contributed by atoms with van der Waals surface area (Å²) in [5, 5.41) is 4.15. The molecular formula is C28H24BrF3NO4PS. The predicted molar refractivity (Wildman–Crippen MR) is 153 cm³/mol. The highest BCUT2D eigenvalue weighted by molar-refractivity contribution is 9.10. The van der Waals surface area contributed by atoms with Crippen LogP contribution in [0.4, 0.5) is 24.5 Å². The maximum atomic E-state index is 10.7. The van der Waals surface area contributed by atoms with E-state index < -0.39 is 22.9 Å². The number of benzene rings is 4. The summed E-state index contributed by atoms with van der Waals surface area (Å²) in [4.78, 5) is 2.44. The number of rotatable bonds is 4. The smallest absolute Gasteiger partial charge is 0.485 e. The molecule has 4 aromatic rings. The third-order valence-corrected chi connectivity index (χ3v) is 11.9. The fourth-order valence-electron chi connectivity index (χ4n) is 4.68. The average molecular weight is 638 g/mol. The topological polar surface area (TPSA) is 69.7 Å². The molecule has 0 unspecified atom stereocenters. The van der Waals surface area contributed by atoms with Crippen LogP contribution in [0.3, 0.4) is 0 Å². The summed E-state index contributed by atoms with van der Waals surface area (Å²) >= 11 is 3.57. The SMILES string of the molecule is COc1cccc2c1[P+](c1ccccc1)(c1ccccc1)CCN2c1ccc(Br)cc1.O=S(=O)([O-])C(F)(F)F. The molecule has 0 saturated heterocycles. The number of ether oxygens (including phenoxy) is 1. The van der Waals surface area contributed by atoms with E-state index in [0.29, 0.717) is 0 Å². The van der Waals surface area contributed by atoms with E-state index in [9.17, 15) is 13.2 Å². The molecule has 1 aliphatic rings. The van der Waals surface area contributed by atoms with Crippen LogP contribution in [0.25, 0.3) is 0 Å². The summed E-state index contributed by atoms with van der Waals surface area (Å²) in [6.07, 6.45) is 1.06. The Balaban J connectivity index is 0.000000386. The van der Waals surface area contributed by atoms with Gasteiger partial charge in [0.05, 0.1) is 25.5 Å². The Morgan fingerprint density at radius 2 is 1.36 bits per heavy atom. The molecular weight excluding hydrogens is 614 g/mol. The van der Waals surface area contributed by atoms with Crippen LogP contribution in [-0.4, -0.2) is 38.3 Å². The number of hydrogen-bond acceptors (Lipinski definition) is 5. The second kappa shape index (κ2) is 11.7. The van der Waals surface area contributed by atoms with Crippen molar-refractivity contribution in [3.8, 4) is 5.75 Å². The minimum atomic E-state index is -6.09. The van der Waals surface area contributed by atoms with E-state index in [1.165, 1.54) is 27.3 Å². The Labute approximate surface area is 234 Å².